The smallest absolute Gasteiger partial charge is 0.274 e. The maximum absolute atomic E-state index is 12.7. The quantitative estimate of drug-likeness (QED) is 0.837. The molecule has 4 heterocycles. The fraction of sp³-hybridized carbons (Fsp3) is 0.500. The van der Waals surface area contributed by atoms with Gasteiger partial charge in [-0.1, -0.05) is 0 Å². The van der Waals surface area contributed by atoms with Crippen LogP contribution in [0.25, 0.3) is 0 Å². The van der Waals surface area contributed by atoms with E-state index in [1.165, 1.54) is 19.5 Å². The fourth-order valence-corrected chi connectivity index (χ4v) is 4.20. The molecule has 0 bridgehead atoms. The third-order valence-electron chi connectivity index (χ3n) is 5.49. The zero-order valence-corrected chi connectivity index (χ0v) is 15.2. The van der Waals surface area contributed by atoms with Gasteiger partial charge in [-0.05, 0) is 12.8 Å². The first-order valence-corrected chi connectivity index (χ1v) is 9.03. The molecule has 9 nitrogen and oxygen atoms in total. The number of ether oxygens (including phenoxy) is 1. The van der Waals surface area contributed by atoms with Crippen molar-refractivity contribution in [2.75, 3.05) is 33.4 Å². The van der Waals surface area contributed by atoms with Crippen LogP contribution in [0.3, 0.4) is 0 Å². The first-order chi connectivity index (χ1) is 13.2. The van der Waals surface area contributed by atoms with Crippen molar-refractivity contribution in [3.8, 4) is 0 Å². The van der Waals surface area contributed by atoms with Gasteiger partial charge in [-0.3, -0.25) is 14.6 Å². The maximum Gasteiger partial charge on any atom is 0.274 e. The van der Waals surface area contributed by atoms with E-state index < -0.39 is 5.54 Å². The molecule has 2 aliphatic rings. The lowest BCUT2D eigenvalue weighted by atomic mass is 9.78. The molecule has 2 aromatic rings. The summed E-state index contributed by atoms with van der Waals surface area (Å²) in [6.07, 6.45) is 8.23. The molecule has 27 heavy (non-hydrogen) atoms. The van der Waals surface area contributed by atoms with Crippen LogP contribution in [0.5, 0.6) is 0 Å². The van der Waals surface area contributed by atoms with Crippen molar-refractivity contribution in [3.05, 3.63) is 42.0 Å². The molecule has 4 rings (SSSR count). The topological polar surface area (TPSA) is 104 Å². The number of nitrogens with one attached hydrogen (secondary N) is 1. The summed E-state index contributed by atoms with van der Waals surface area (Å²) in [5, 5.41) is 0. The highest BCUT2D eigenvalue weighted by Crippen LogP contribution is 2.42. The van der Waals surface area contributed by atoms with Crippen molar-refractivity contribution < 1.29 is 14.3 Å². The highest BCUT2D eigenvalue weighted by molar-refractivity contribution is 5.92. The molecule has 0 aromatic carbocycles. The lowest BCUT2D eigenvalue weighted by Crippen LogP contribution is -2.59. The number of nitrogens with zero attached hydrogens (tertiary/aromatic N) is 5. The molecule has 0 aliphatic carbocycles. The van der Waals surface area contributed by atoms with E-state index >= 15 is 0 Å². The molecule has 0 saturated carbocycles. The van der Waals surface area contributed by atoms with E-state index in [0.717, 1.165) is 17.8 Å². The van der Waals surface area contributed by atoms with Crippen LogP contribution in [0.2, 0.25) is 0 Å². The molecule has 9 heteroatoms. The summed E-state index contributed by atoms with van der Waals surface area (Å²) in [6, 6.07) is 0. The summed E-state index contributed by atoms with van der Waals surface area (Å²) in [5.41, 5.74) is 1.84. The second-order valence-corrected chi connectivity index (χ2v) is 6.87. The number of H-pyrrole nitrogens is 1. The zero-order chi connectivity index (χ0) is 18.9. The average molecular weight is 370 g/mol. The summed E-state index contributed by atoms with van der Waals surface area (Å²) in [7, 11) is 1.52. The molecule has 1 saturated heterocycles. The molecule has 2 aliphatic heterocycles. The number of amides is 2. The number of carbonyl (C=O) groups is 2. The van der Waals surface area contributed by atoms with E-state index in [9.17, 15) is 9.59 Å². The Kier molecular flexibility index (Phi) is 4.61. The van der Waals surface area contributed by atoms with E-state index in [1.54, 1.807) is 17.4 Å². The predicted octanol–water partition coefficient (Wildman–Crippen LogP) is 0.362. The van der Waals surface area contributed by atoms with Crippen molar-refractivity contribution in [2.24, 2.45) is 0 Å². The largest absolute Gasteiger partial charge is 0.375 e. The van der Waals surface area contributed by atoms with Crippen molar-refractivity contribution in [1.29, 1.82) is 0 Å². The summed E-state index contributed by atoms with van der Waals surface area (Å²) < 4.78 is 5.08. The molecular formula is C18H22N6O3. The number of hydrogen-bond donors (Lipinski definition) is 1. The minimum absolute atomic E-state index is 0.0418. The Labute approximate surface area is 156 Å². The standard InChI is InChI=1S/C18H22N6O3/c1-27-11-15(25)24-7-2-13-16(22-12-21-13)18(24)3-8-23(9-4-18)17(26)14-10-19-5-6-20-14/h5-6,10,12H,2-4,7-9,11H2,1H3,(H,21,22). The Bertz CT molecular complexity index is 829. The van der Waals surface area contributed by atoms with Crippen LogP contribution >= 0.6 is 0 Å². The van der Waals surface area contributed by atoms with E-state index in [-0.39, 0.29) is 18.4 Å². The Hall–Kier alpha value is -2.81. The SMILES string of the molecule is COCC(=O)N1CCc2[nH]cnc2C12CCN(C(=O)c1cnccn1)CC2. The van der Waals surface area contributed by atoms with Crippen LogP contribution in [0.4, 0.5) is 0 Å². The van der Waals surface area contributed by atoms with Gasteiger partial charge in [0.1, 0.15) is 12.3 Å². The molecule has 0 radical (unpaired) electrons. The number of imidazole rings is 1. The van der Waals surface area contributed by atoms with Gasteiger partial charge in [-0.25, -0.2) is 9.97 Å². The van der Waals surface area contributed by atoms with Gasteiger partial charge in [0, 0.05) is 51.3 Å². The van der Waals surface area contributed by atoms with Gasteiger partial charge in [0.15, 0.2) is 0 Å². The molecule has 0 atom stereocenters. The van der Waals surface area contributed by atoms with Crippen molar-refractivity contribution >= 4 is 11.8 Å². The van der Waals surface area contributed by atoms with Crippen LogP contribution in [0, 0.1) is 0 Å². The number of likely N-dealkylation sites (tertiary alicyclic amines) is 1. The summed E-state index contributed by atoms with van der Waals surface area (Å²) in [5.74, 6) is -0.175. The minimum atomic E-state index is -0.498. The Morgan fingerprint density at radius 2 is 2.04 bits per heavy atom. The maximum atomic E-state index is 12.7. The van der Waals surface area contributed by atoms with E-state index in [4.69, 9.17) is 4.74 Å². The highest BCUT2D eigenvalue weighted by atomic mass is 16.5. The number of aromatic amines is 1. The van der Waals surface area contributed by atoms with Gasteiger partial charge >= 0.3 is 0 Å². The first-order valence-electron chi connectivity index (χ1n) is 9.03. The number of carbonyl (C=O) groups excluding carboxylic acids is 2. The molecule has 2 amide bonds. The molecule has 0 unspecified atom stereocenters. The van der Waals surface area contributed by atoms with Crippen molar-refractivity contribution in [1.82, 2.24) is 29.7 Å². The lowest BCUT2D eigenvalue weighted by Gasteiger charge is -2.50. The third-order valence-corrected chi connectivity index (χ3v) is 5.49. The predicted molar refractivity (Wildman–Crippen MR) is 94.7 cm³/mol. The van der Waals surface area contributed by atoms with E-state index in [1.807, 2.05) is 4.90 Å². The normalized spacial score (nSPS) is 18.4. The second-order valence-electron chi connectivity index (χ2n) is 6.87. The van der Waals surface area contributed by atoms with Crippen LogP contribution in [0.1, 0.15) is 34.7 Å². The zero-order valence-electron chi connectivity index (χ0n) is 15.2. The van der Waals surface area contributed by atoms with Crippen LogP contribution in [-0.4, -0.2) is 74.9 Å². The van der Waals surface area contributed by atoms with E-state index in [0.29, 0.717) is 38.2 Å². The van der Waals surface area contributed by atoms with E-state index in [2.05, 4.69) is 19.9 Å². The number of fused-ring (bicyclic) bond motifs is 2. The van der Waals surface area contributed by atoms with Crippen LogP contribution in [0.15, 0.2) is 24.9 Å². The van der Waals surface area contributed by atoms with Gasteiger partial charge in [-0.15, -0.1) is 0 Å². The average Bonchev–Trinajstić information content (AvgIpc) is 3.19. The van der Waals surface area contributed by atoms with Crippen LogP contribution in [-0.2, 0) is 21.5 Å². The summed E-state index contributed by atoms with van der Waals surface area (Å²) in [6.45, 7) is 1.72. The van der Waals surface area contributed by atoms with Gasteiger partial charge in [0.2, 0.25) is 5.91 Å². The molecule has 2 aromatic heterocycles. The lowest BCUT2D eigenvalue weighted by molar-refractivity contribution is -0.145. The molecular weight excluding hydrogens is 348 g/mol. The summed E-state index contributed by atoms with van der Waals surface area (Å²) in [4.78, 5) is 44.9. The molecule has 1 fully saturated rings. The molecule has 142 valence electrons. The Morgan fingerprint density at radius 3 is 2.74 bits per heavy atom. The Balaban J connectivity index is 1.58. The fourth-order valence-electron chi connectivity index (χ4n) is 4.20. The van der Waals surface area contributed by atoms with Crippen molar-refractivity contribution in [3.63, 3.8) is 0 Å². The minimum Gasteiger partial charge on any atom is -0.375 e. The molecule has 1 spiro atoms. The summed E-state index contributed by atoms with van der Waals surface area (Å²) >= 11 is 0. The monoisotopic (exact) mass is 370 g/mol. The number of aromatic nitrogens is 4. The van der Waals surface area contributed by atoms with Gasteiger partial charge in [-0.2, -0.15) is 0 Å². The number of piperidine rings is 1. The molecule has 1 N–H and O–H groups in total. The van der Waals surface area contributed by atoms with Crippen molar-refractivity contribution in [2.45, 2.75) is 24.8 Å². The van der Waals surface area contributed by atoms with Gasteiger partial charge < -0.3 is 19.5 Å². The Morgan fingerprint density at radius 1 is 1.22 bits per heavy atom. The number of methoxy groups -OCH3 is 1. The third kappa shape index (κ3) is 2.97. The van der Waals surface area contributed by atoms with Crippen LogP contribution < -0.4 is 0 Å². The second kappa shape index (κ2) is 7.07. The first kappa shape index (κ1) is 17.6. The highest BCUT2D eigenvalue weighted by Gasteiger charge is 2.49. The number of rotatable bonds is 3. The van der Waals surface area contributed by atoms with Gasteiger partial charge in [0.05, 0.1) is 23.8 Å². The number of hydrogen-bond acceptors (Lipinski definition) is 6. The van der Waals surface area contributed by atoms with Gasteiger partial charge in [0.25, 0.3) is 5.91 Å².